The van der Waals surface area contributed by atoms with Crippen LogP contribution in [0.3, 0.4) is 0 Å². The fourth-order valence-electron chi connectivity index (χ4n) is 9.21. The van der Waals surface area contributed by atoms with Gasteiger partial charge in [0.05, 0.1) is 44.2 Å². The van der Waals surface area contributed by atoms with Gasteiger partial charge < -0.3 is 25.4 Å². The largest absolute Gasteiger partial charge is 0.486 e. The fraction of sp³-hybridized carbons (Fsp3) is 0.594. The predicted octanol–water partition coefficient (Wildman–Crippen LogP) is 5.74. The Balaban J connectivity index is 1.23. The van der Waals surface area contributed by atoms with Crippen molar-refractivity contribution in [2.24, 2.45) is 5.41 Å². The molecule has 48 heavy (non-hydrogen) atoms. The Morgan fingerprint density at radius 3 is 2.65 bits per heavy atom. The third-order valence-electron chi connectivity index (χ3n) is 11.6. The standard InChI is InChI=1S/C32H32ClF6N7O2/c1-13-7-17(40)42-23(20(13)32(37,38)39)18-21(33)26-19-24(22(18)34)43-28(47-12-30-5-6-45(30)11-29(9-30)10-31(29,35)36)44-27(19)46-8-15-3-4-16(41-15)25(46)14(2)48-26/h7,14-16,25,41H,3-6,8-12H2,1-2H3,(H2,40,42)/t14-,15+,16-,25+,29+,30?/m0/s1. The van der Waals surface area contributed by atoms with Crippen molar-refractivity contribution in [2.75, 3.05) is 36.9 Å². The normalized spacial score (nSPS) is 32.9. The van der Waals surface area contributed by atoms with Gasteiger partial charge in [-0.3, -0.25) is 4.90 Å². The van der Waals surface area contributed by atoms with Gasteiger partial charge in [0.2, 0.25) is 0 Å². The topological polar surface area (TPSA) is 102 Å². The molecule has 4 saturated heterocycles. The molecule has 5 aliphatic heterocycles. The summed E-state index contributed by atoms with van der Waals surface area (Å²) in [5.74, 6) is -3.90. The Morgan fingerprint density at radius 2 is 1.96 bits per heavy atom. The van der Waals surface area contributed by atoms with E-state index in [0.717, 1.165) is 18.9 Å². The highest BCUT2D eigenvalue weighted by Crippen LogP contribution is 2.70. The van der Waals surface area contributed by atoms with E-state index >= 15 is 4.39 Å². The van der Waals surface area contributed by atoms with E-state index in [9.17, 15) is 22.0 Å². The lowest BCUT2D eigenvalue weighted by Gasteiger charge is -2.47. The highest BCUT2D eigenvalue weighted by atomic mass is 35.5. The van der Waals surface area contributed by atoms with Crippen LogP contribution in [0.4, 0.5) is 38.0 Å². The molecule has 1 saturated carbocycles. The van der Waals surface area contributed by atoms with Crippen LogP contribution in [0.2, 0.25) is 5.02 Å². The second-order valence-corrected chi connectivity index (χ2v) is 14.9. The molecule has 7 heterocycles. The third-order valence-corrected chi connectivity index (χ3v) is 11.9. The highest BCUT2D eigenvalue weighted by Gasteiger charge is 2.78. The molecule has 0 radical (unpaired) electrons. The number of anilines is 2. The molecule has 3 aromatic rings. The maximum Gasteiger partial charge on any atom is 0.418 e. The molecule has 9 nitrogen and oxygen atoms in total. The molecule has 6 atom stereocenters. The number of fused-ring (bicyclic) bond motifs is 6. The first-order valence-corrected chi connectivity index (χ1v) is 16.5. The minimum Gasteiger partial charge on any atom is -0.486 e. The van der Waals surface area contributed by atoms with Crippen LogP contribution in [0.25, 0.3) is 22.2 Å². The molecule has 9 rings (SSSR count). The van der Waals surface area contributed by atoms with Crippen LogP contribution in [0.15, 0.2) is 6.07 Å². The molecule has 5 fully saturated rings. The molecule has 16 heteroatoms. The van der Waals surface area contributed by atoms with Gasteiger partial charge in [-0.2, -0.15) is 23.1 Å². The smallest absolute Gasteiger partial charge is 0.418 e. The number of ether oxygens (including phenoxy) is 2. The number of rotatable bonds is 4. The number of nitrogens with zero attached hydrogens (tertiary/aromatic N) is 5. The molecule has 256 valence electrons. The summed E-state index contributed by atoms with van der Waals surface area (Å²) in [6.07, 6.45) is -2.95. The predicted molar refractivity (Wildman–Crippen MR) is 164 cm³/mol. The van der Waals surface area contributed by atoms with Crippen LogP contribution in [0, 0.1) is 18.2 Å². The second-order valence-electron chi connectivity index (χ2n) is 14.5. The molecule has 2 bridgehead atoms. The number of nitrogens with two attached hydrogens (primary N) is 1. The quantitative estimate of drug-likeness (QED) is 0.331. The lowest BCUT2D eigenvalue weighted by molar-refractivity contribution is -0.137. The number of hydrogen-bond donors (Lipinski definition) is 2. The summed E-state index contributed by atoms with van der Waals surface area (Å²) >= 11 is 6.86. The monoisotopic (exact) mass is 695 g/mol. The van der Waals surface area contributed by atoms with Crippen molar-refractivity contribution in [3.8, 4) is 23.0 Å². The van der Waals surface area contributed by atoms with Gasteiger partial charge in [-0.1, -0.05) is 11.6 Å². The number of piperazine rings is 1. The van der Waals surface area contributed by atoms with Crippen LogP contribution in [0.5, 0.6) is 11.8 Å². The second kappa shape index (κ2) is 9.69. The zero-order chi connectivity index (χ0) is 33.7. The number of alkyl halides is 5. The van der Waals surface area contributed by atoms with Gasteiger partial charge in [0.25, 0.3) is 5.92 Å². The summed E-state index contributed by atoms with van der Waals surface area (Å²) in [7, 11) is 0. The zero-order valence-electron chi connectivity index (χ0n) is 26.0. The highest BCUT2D eigenvalue weighted by molar-refractivity contribution is 6.36. The van der Waals surface area contributed by atoms with Crippen molar-refractivity contribution < 1.29 is 35.8 Å². The number of nitrogens with one attached hydrogen (secondary N) is 1. The van der Waals surface area contributed by atoms with Gasteiger partial charge in [0, 0.05) is 38.1 Å². The molecular formula is C32H32ClF6N7O2. The number of halogens is 7. The number of aromatic nitrogens is 3. The van der Waals surface area contributed by atoms with Crippen molar-refractivity contribution in [1.82, 2.24) is 25.2 Å². The summed E-state index contributed by atoms with van der Waals surface area (Å²) in [5.41, 5.74) is 0.979. The molecule has 1 aliphatic carbocycles. The Kier molecular flexibility index (Phi) is 6.20. The zero-order valence-corrected chi connectivity index (χ0v) is 26.8. The van der Waals surface area contributed by atoms with Crippen LogP contribution in [-0.4, -0.2) is 81.8 Å². The van der Waals surface area contributed by atoms with E-state index in [2.05, 4.69) is 15.3 Å². The van der Waals surface area contributed by atoms with E-state index in [-0.39, 0.29) is 84.0 Å². The van der Waals surface area contributed by atoms with E-state index in [0.29, 0.717) is 19.5 Å². The lowest BCUT2D eigenvalue weighted by Crippen LogP contribution is -2.62. The fourth-order valence-corrected chi connectivity index (χ4v) is 9.52. The van der Waals surface area contributed by atoms with Gasteiger partial charge in [-0.15, -0.1) is 0 Å². The molecule has 1 unspecified atom stereocenters. The number of nitrogen functional groups attached to an aromatic ring is 1. The van der Waals surface area contributed by atoms with Crippen molar-refractivity contribution in [2.45, 2.75) is 87.8 Å². The van der Waals surface area contributed by atoms with Gasteiger partial charge >= 0.3 is 12.2 Å². The van der Waals surface area contributed by atoms with Crippen molar-refractivity contribution in [3.05, 3.63) is 28.0 Å². The number of benzene rings is 1. The SMILES string of the molecule is Cc1cc(N)nc(-c2c(Cl)c3c4c(nc(OCC56CCN5C[C@@]5(C6)CC5(F)F)nc4c2F)N2C[C@H]4CC[C@H](N4)[C@H]2[C@H](C)O3)c1C(F)(F)F. The minimum atomic E-state index is -4.92. The summed E-state index contributed by atoms with van der Waals surface area (Å²) in [6, 6.07) is 0.688. The van der Waals surface area contributed by atoms with Gasteiger partial charge in [-0.05, 0) is 51.2 Å². The van der Waals surface area contributed by atoms with Crippen LogP contribution < -0.4 is 25.4 Å². The summed E-state index contributed by atoms with van der Waals surface area (Å²) in [5, 5.41) is 3.31. The Bertz CT molecular complexity index is 1910. The van der Waals surface area contributed by atoms with Crippen molar-refractivity contribution in [1.29, 1.82) is 0 Å². The molecule has 3 N–H and O–H groups in total. The van der Waals surface area contributed by atoms with E-state index in [1.54, 1.807) is 0 Å². The lowest BCUT2D eigenvalue weighted by atomic mass is 9.83. The van der Waals surface area contributed by atoms with Gasteiger partial charge in [-0.25, -0.2) is 18.2 Å². The molecule has 1 spiro atoms. The molecular weight excluding hydrogens is 664 g/mol. The first-order valence-electron chi connectivity index (χ1n) is 16.1. The average Bonchev–Trinajstić information content (AvgIpc) is 3.25. The number of aryl methyl sites for hydroxylation is 1. The van der Waals surface area contributed by atoms with E-state index in [4.69, 9.17) is 31.8 Å². The summed E-state index contributed by atoms with van der Waals surface area (Å²) in [6.45, 7) is 4.50. The average molecular weight is 696 g/mol. The van der Waals surface area contributed by atoms with Crippen LogP contribution in [-0.2, 0) is 6.18 Å². The summed E-state index contributed by atoms with van der Waals surface area (Å²) in [4.78, 5) is 17.2. The van der Waals surface area contributed by atoms with Crippen LogP contribution in [0.1, 0.15) is 50.2 Å². The number of hydrogen-bond acceptors (Lipinski definition) is 9. The Hall–Kier alpha value is -3.30. The van der Waals surface area contributed by atoms with E-state index in [1.807, 2.05) is 16.7 Å². The summed E-state index contributed by atoms with van der Waals surface area (Å²) < 4.78 is 102. The maximum absolute atomic E-state index is 17.0. The Morgan fingerprint density at radius 1 is 1.19 bits per heavy atom. The molecule has 0 amide bonds. The van der Waals surface area contributed by atoms with E-state index < -0.39 is 56.8 Å². The first-order chi connectivity index (χ1) is 22.6. The van der Waals surface area contributed by atoms with E-state index in [1.165, 1.54) is 6.92 Å². The third kappa shape index (κ3) is 4.15. The maximum atomic E-state index is 17.0. The van der Waals surface area contributed by atoms with Crippen molar-refractivity contribution in [3.63, 3.8) is 0 Å². The minimum absolute atomic E-state index is 0.00193. The molecule has 1 aromatic carbocycles. The Labute approximate surface area is 276 Å². The first kappa shape index (κ1) is 30.7. The molecule has 2 aromatic heterocycles. The van der Waals surface area contributed by atoms with Gasteiger partial charge in [0.15, 0.2) is 11.6 Å². The number of pyridine rings is 1. The van der Waals surface area contributed by atoms with Crippen molar-refractivity contribution >= 4 is 34.1 Å². The van der Waals surface area contributed by atoms with Gasteiger partial charge in [0.1, 0.15) is 29.9 Å². The molecule has 6 aliphatic rings. The van der Waals surface area contributed by atoms with Crippen LogP contribution >= 0.6 is 11.6 Å².